The molecule has 1 heterocycles. The van der Waals surface area contributed by atoms with Crippen LogP contribution in [0, 0.1) is 11.6 Å². The minimum atomic E-state index is -1.04. The molecular formula is C11H9F2N3O. The van der Waals surface area contributed by atoms with E-state index in [4.69, 9.17) is 10.6 Å². The fourth-order valence-corrected chi connectivity index (χ4v) is 1.24. The fraction of sp³-hybridized carbons (Fsp3) is 0. The molecule has 0 saturated carbocycles. The summed E-state index contributed by atoms with van der Waals surface area (Å²) in [5, 5.41) is 0. The molecule has 0 aliphatic carbocycles. The van der Waals surface area contributed by atoms with Crippen LogP contribution >= 0.6 is 0 Å². The zero-order chi connectivity index (χ0) is 12.3. The van der Waals surface area contributed by atoms with Gasteiger partial charge in [-0.05, 0) is 18.2 Å². The number of hydrogen-bond donors (Lipinski definition) is 2. The van der Waals surface area contributed by atoms with Crippen LogP contribution in [-0.2, 0) is 0 Å². The number of nitrogens with zero attached hydrogens (tertiary/aromatic N) is 1. The van der Waals surface area contributed by atoms with Crippen LogP contribution in [0.4, 0.5) is 14.6 Å². The molecule has 0 bridgehead atoms. The van der Waals surface area contributed by atoms with Gasteiger partial charge in [-0.2, -0.15) is 4.39 Å². The highest BCUT2D eigenvalue weighted by Gasteiger charge is 2.09. The Morgan fingerprint density at radius 1 is 1.24 bits per heavy atom. The Labute approximate surface area is 96.0 Å². The SMILES string of the molecule is NNc1cc(Oc2cccc(F)c2F)ccn1. The fourth-order valence-electron chi connectivity index (χ4n) is 1.24. The van der Waals surface area contributed by atoms with Crippen LogP contribution in [0.15, 0.2) is 36.5 Å². The van der Waals surface area contributed by atoms with E-state index < -0.39 is 11.6 Å². The Morgan fingerprint density at radius 2 is 2.06 bits per heavy atom. The molecule has 1 aromatic carbocycles. The van der Waals surface area contributed by atoms with Gasteiger partial charge in [0.2, 0.25) is 5.82 Å². The van der Waals surface area contributed by atoms with Crippen LogP contribution in [0.3, 0.4) is 0 Å². The molecule has 4 nitrogen and oxygen atoms in total. The monoisotopic (exact) mass is 237 g/mol. The van der Waals surface area contributed by atoms with E-state index in [0.29, 0.717) is 11.6 Å². The summed E-state index contributed by atoms with van der Waals surface area (Å²) in [5.74, 6) is 3.63. The zero-order valence-electron chi connectivity index (χ0n) is 8.65. The topological polar surface area (TPSA) is 60.2 Å². The lowest BCUT2D eigenvalue weighted by atomic mass is 10.3. The Morgan fingerprint density at radius 3 is 2.82 bits per heavy atom. The van der Waals surface area contributed by atoms with Gasteiger partial charge in [0.1, 0.15) is 11.6 Å². The highest BCUT2D eigenvalue weighted by molar-refractivity contribution is 5.41. The third-order valence-corrected chi connectivity index (χ3v) is 2.02. The number of pyridine rings is 1. The van der Waals surface area contributed by atoms with Crippen LogP contribution < -0.4 is 16.0 Å². The number of hydrazine groups is 1. The summed E-state index contributed by atoms with van der Waals surface area (Å²) >= 11 is 0. The van der Waals surface area contributed by atoms with Crippen molar-refractivity contribution >= 4 is 5.82 Å². The number of nitrogen functional groups attached to an aromatic ring is 1. The van der Waals surface area contributed by atoms with E-state index in [2.05, 4.69) is 10.4 Å². The van der Waals surface area contributed by atoms with Gasteiger partial charge in [-0.3, -0.25) is 0 Å². The van der Waals surface area contributed by atoms with E-state index in [-0.39, 0.29) is 5.75 Å². The predicted octanol–water partition coefficient (Wildman–Crippen LogP) is 2.44. The molecule has 17 heavy (non-hydrogen) atoms. The molecular weight excluding hydrogens is 228 g/mol. The average Bonchev–Trinajstić information content (AvgIpc) is 2.35. The number of anilines is 1. The van der Waals surface area contributed by atoms with E-state index in [0.717, 1.165) is 6.07 Å². The van der Waals surface area contributed by atoms with Crippen LogP contribution in [0.5, 0.6) is 11.5 Å². The van der Waals surface area contributed by atoms with Gasteiger partial charge >= 0.3 is 0 Å². The number of halogens is 2. The molecule has 0 fully saturated rings. The maximum Gasteiger partial charge on any atom is 0.201 e. The second-order valence-electron chi connectivity index (χ2n) is 3.18. The van der Waals surface area contributed by atoms with Gasteiger partial charge in [-0.25, -0.2) is 15.2 Å². The van der Waals surface area contributed by atoms with Crippen molar-refractivity contribution < 1.29 is 13.5 Å². The molecule has 6 heteroatoms. The lowest BCUT2D eigenvalue weighted by molar-refractivity contribution is 0.416. The maximum atomic E-state index is 13.3. The number of nitrogens with two attached hydrogens (primary N) is 1. The van der Waals surface area contributed by atoms with E-state index >= 15 is 0 Å². The van der Waals surface area contributed by atoms with Crippen molar-refractivity contribution in [3.63, 3.8) is 0 Å². The molecule has 0 aliphatic rings. The van der Waals surface area contributed by atoms with Gasteiger partial charge in [0, 0.05) is 12.3 Å². The van der Waals surface area contributed by atoms with Gasteiger partial charge in [-0.15, -0.1) is 0 Å². The van der Waals surface area contributed by atoms with Crippen molar-refractivity contribution in [3.05, 3.63) is 48.2 Å². The van der Waals surface area contributed by atoms with Crippen LogP contribution in [0.2, 0.25) is 0 Å². The second kappa shape index (κ2) is 4.75. The minimum Gasteiger partial charge on any atom is -0.454 e. The molecule has 0 atom stereocenters. The quantitative estimate of drug-likeness (QED) is 0.635. The normalized spacial score (nSPS) is 10.1. The van der Waals surface area contributed by atoms with Crippen molar-refractivity contribution in [2.45, 2.75) is 0 Å². The number of hydrogen-bond acceptors (Lipinski definition) is 4. The smallest absolute Gasteiger partial charge is 0.201 e. The Kier molecular flexibility index (Phi) is 3.15. The number of benzene rings is 1. The Hall–Kier alpha value is -2.21. The molecule has 0 unspecified atom stereocenters. The Bertz CT molecular complexity index is 534. The minimum absolute atomic E-state index is 0.195. The summed E-state index contributed by atoms with van der Waals surface area (Å²) in [6.45, 7) is 0. The summed E-state index contributed by atoms with van der Waals surface area (Å²) in [4.78, 5) is 3.86. The van der Waals surface area contributed by atoms with Gasteiger partial charge in [0.15, 0.2) is 11.6 Å². The highest BCUT2D eigenvalue weighted by atomic mass is 19.2. The average molecular weight is 237 g/mol. The largest absolute Gasteiger partial charge is 0.454 e. The molecule has 0 saturated heterocycles. The maximum absolute atomic E-state index is 13.3. The van der Waals surface area contributed by atoms with Crippen LogP contribution in [-0.4, -0.2) is 4.98 Å². The van der Waals surface area contributed by atoms with Gasteiger partial charge in [0.05, 0.1) is 0 Å². The molecule has 2 rings (SSSR count). The first kappa shape index (κ1) is 11.3. The van der Waals surface area contributed by atoms with Crippen molar-refractivity contribution in [2.24, 2.45) is 5.84 Å². The van der Waals surface area contributed by atoms with Gasteiger partial charge in [-0.1, -0.05) is 6.07 Å². The van der Waals surface area contributed by atoms with Crippen LogP contribution in [0.25, 0.3) is 0 Å². The first-order valence-corrected chi connectivity index (χ1v) is 4.75. The van der Waals surface area contributed by atoms with Crippen molar-refractivity contribution in [3.8, 4) is 11.5 Å². The van der Waals surface area contributed by atoms with E-state index in [1.807, 2.05) is 0 Å². The molecule has 2 aromatic rings. The summed E-state index contributed by atoms with van der Waals surface area (Å²) in [5.41, 5.74) is 2.32. The molecule has 0 spiro atoms. The summed E-state index contributed by atoms with van der Waals surface area (Å²) in [6, 6.07) is 6.67. The van der Waals surface area contributed by atoms with Gasteiger partial charge < -0.3 is 10.2 Å². The lowest BCUT2D eigenvalue weighted by Crippen LogP contribution is -2.08. The molecule has 88 valence electrons. The highest BCUT2D eigenvalue weighted by Crippen LogP contribution is 2.26. The summed E-state index contributed by atoms with van der Waals surface area (Å²) in [6.07, 6.45) is 1.43. The third-order valence-electron chi connectivity index (χ3n) is 2.02. The second-order valence-corrected chi connectivity index (χ2v) is 3.18. The number of rotatable bonds is 3. The zero-order valence-corrected chi connectivity index (χ0v) is 8.65. The number of ether oxygens (including phenoxy) is 1. The molecule has 0 amide bonds. The lowest BCUT2D eigenvalue weighted by Gasteiger charge is -2.07. The van der Waals surface area contributed by atoms with Crippen LogP contribution in [0.1, 0.15) is 0 Å². The van der Waals surface area contributed by atoms with Gasteiger partial charge in [0.25, 0.3) is 0 Å². The predicted molar refractivity (Wildman–Crippen MR) is 58.5 cm³/mol. The molecule has 0 aliphatic heterocycles. The summed E-state index contributed by atoms with van der Waals surface area (Å²) in [7, 11) is 0. The van der Waals surface area contributed by atoms with Crippen molar-refractivity contribution in [1.29, 1.82) is 0 Å². The first-order valence-electron chi connectivity index (χ1n) is 4.75. The standard InChI is InChI=1S/C11H9F2N3O/c12-8-2-1-3-9(11(8)13)17-7-4-5-15-10(6-7)16-14/h1-6H,14H2,(H,15,16). The number of nitrogens with one attached hydrogen (secondary N) is 1. The molecule has 1 aromatic heterocycles. The third kappa shape index (κ3) is 2.48. The number of aromatic nitrogens is 1. The van der Waals surface area contributed by atoms with Crippen molar-refractivity contribution in [2.75, 3.05) is 5.43 Å². The Balaban J connectivity index is 2.28. The van der Waals surface area contributed by atoms with E-state index in [1.54, 1.807) is 0 Å². The molecule has 3 N–H and O–H groups in total. The van der Waals surface area contributed by atoms with E-state index in [1.165, 1.54) is 30.5 Å². The molecule has 0 radical (unpaired) electrons. The van der Waals surface area contributed by atoms with E-state index in [9.17, 15) is 8.78 Å². The summed E-state index contributed by atoms with van der Waals surface area (Å²) < 4.78 is 31.4. The first-order chi connectivity index (χ1) is 8.20. The van der Waals surface area contributed by atoms with Crippen molar-refractivity contribution in [1.82, 2.24) is 4.98 Å².